The molecule has 5 heteroatoms. The van der Waals surface area contributed by atoms with Gasteiger partial charge in [-0.15, -0.1) is 0 Å². The number of halogens is 1. The molecule has 0 saturated heterocycles. The fourth-order valence-electron chi connectivity index (χ4n) is 2.29. The first-order valence-corrected chi connectivity index (χ1v) is 7.47. The number of carbonyl (C=O) groups excluding carboxylic acids is 1. The molecule has 0 radical (unpaired) electrons. The third-order valence-electron chi connectivity index (χ3n) is 3.18. The largest absolute Gasteiger partial charge is 0.464 e. The average Bonchev–Trinajstić information content (AvgIpc) is 2.40. The summed E-state index contributed by atoms with van der Waals surface area (Å²) in [4.78, 5) is 24.1. The van der Waals surface area contributed by atoms with E-state index in [-0.39, 0.29) is 12.5 Å². The van der Waals surface area contributed by atoms with Gasteiger partial charge < -0.3 is 4.74 Å². The summed E-state index contributed by atoms with van der Waals surface area (Å²) < 4.78 is 20.1. The predicted octanol–water partition coefficient (Wildman–Crippen LogP) is 3.09. The molecule has 1 heterocycles. The molecular formula is C16H24FNO3. The molecule has 118 valence electrons. The van der Waals surface area contributed by atoms with Crippen LogP contribution < -0.4 is 5.56 Å². The van der Waals surface area contributed by atoms with Crippen LogP contribution in [0.15, 0.2) is 17.1 Å². The molecule has 4 nitrogen and oxygen atoms in total. The number of hydrogen-bond donors (Lipinski definition) is 0. The highest BCUT2D eigenvalue weighted by Crippen LogP contribution is 2.19. The van der Waals surface area contributed by atoms with Gasteiger partial charge >= 0.3 is 5.97 Å². The van der Waals surface area contributed by atoms with E-state index in [1.165, 1.54) is 10.6 Å². The summed E-state index contributed by atoms with van der Waals surface area (Å²) in [5.41, 5.74) is -0.0544. The summed E-state index contributed by atoms with van der Waals surface area (Å²) in [6.07, 6.45) is 3.52. The fourth-order valence-corrected chi connectivity index (χ4v) is 2.29. The molecule has 1 rings (SSSR count). The van der Waals surface area contributed by atoms with Crippen LogP contribution in [0.1, 0.15) is 52.1 Å². The topological polar surface area (TPSA) is 48.3 Å². The molecule has 0 spiro atoms. The summed E-state index contributed by atoms with van der Waals surface area (Å²) in [6.45, 7) is 7.82. The van der Waals surface area contributed by atoms with Gasteiger partial charge in [-0.3, -0.25) is 9.36 Å². The predicted molar refractivity (Wildman–Crippen MR) is 79.8 cm³/mol. The van der Waals surface area contributed by atoms with Gasteiger partial charge in [0.15, 0.2) is 5.82 Å². The number of rotatable bonds is 7. The van der Waals surface area contributed by atoms with Crippen LogP contribution in [0, 0.1) is 11.7 Å². The molecule has 21 heavy (non-hydrogen) atoms. The van der Waals surface area contributed by atoms with Crippen LogP contribution in [0.2, 0.25) is 0 Å². The lowest BCUT2D eigenvalue weighted by molar-refractivity contribution is -0.147. The van der Waals surface area contributed by atoms with Gasteiger partial charge in [0.25, 0.3) is 5.56 Å². The number of ether oxygens (including phenoxy) is 1. The Bertz CT molecular complexity index is 537. The molecule has 0 N–H and O–H groups in total. The van der Waals surface area contributed by atoms with E-state index in [0.29, 0.717) is 18.4 Å². The Balaban J connectivity index is 3.28. The van der Waals surface area contributed by atoms with Gasteiger partial charge in [0.05, 0.1) is 6.61 Å². The molecule has 0 fully saturated rings. The Morgan fingerprint density at radius 1 is 1.38 bits per heavy atom. The fraction of sp³-hybridized carbons (Fsp3) is 0.625. The summed E-state index contributed by atoms with van der Waals surface area (Å²) in [5, 5.41) is 0. The SMILES string of the molecule is CCCc1cc(F)c(=O)n(C(CC(C)C)C(=O)OCC)c1. The minimum absolute atomic E-state index is 0.184. The third-order valence-corrected chi connectivity index (χ3v) is 3.18. The monoisotopic (exact) mass is 297 g/mol. The smallest absolute Gasteiger partial charge is 0.329 e. The van der Waals surface area contributed by atoms with Gasteiger partial charge in [-0.05, 0) is 37.3 Å². The van der Waals surface area contributed by atoms with Crippen LogP contribution in [-0.4, -0.2) is 17.1 Å². The van der Waals surface area contributed by atoms with Crippen LogP contribution in [-0.2, 0) is 16.0 Å². The average molecular weight is 297 g/mol. The van der Waals surface area contributed by atoms with Crippen LogP contribution in [0.4, 0.5) is 4.39 Å². The molecule has 0 bridgehead atoms. The Morgan fingerprint density at radius 3 is 2.57 bits per heavy atom. The second kappa shape index (κ2) is 7.96. The Hall–Kier alpha value is -1.65. The molecule has 0 saturated carbocycles. The number of aromatic nitrogens is 1. The zero-order chi connectivity index (χ0) is 16.0. The Morgan fingerprint density at radius 2 is 2.05 bits per heavy atom. The van der Waals surface area contributed by atoms with Crippen LogP contribution in [0.5, 0.6) is 0 Å². The molecule has 0 aliphatic rings. The number of hydrogen-bond acceptors (Lipinski definition) is 3. The van der Waals surface area contributed by atoms with E-state index in [4.69, 9.17) is 4.74 Å². The van der Waals surface area contributed by atoms with Crippen LogP contribution >= 0.6 is 0 Å². The lowest BCUT2D eigenvalue weighted by atomic mass is 10.0. The van der Waals surface area contributed by atoms with E-state index < -0.39 is 23.4 Å². The van der Waals surface area contributed by atoms with E-state index in [9.17, 15) is 14.0 Å². The van der Waals surface area contributed by atoms with Gasteiger partial charge in [-0.2, -0.15) is 0 Å². The highest BCUT2D eigenvalue weighted by molar-refractivity contribution is 5.74. The summed E-state index contributed by atoms with van der Waals surface area (Å²) >= 11 is 0. The van der Waals surface area contributed by atoms with Gasteiger partial charge in [0, 0.05) is 6.20 Å². The number of esters is 1. The second-order valence-electron chi connectivity index (χ2n) is 5.56. The van der Waals surface area contributed by atoms with Crippen molar-refractivity contribution in [3.63, 3.8) is 0 Å². The highest BCUT2D eigenvalue weighted by atomic mass is 19.1. The first-order valence-electron chi connectivity index (χ1n) is 7.47. The third kappa shape index (κ3) is 4.69. The number of pyridine rings is 1. The van der Waals surface area contributed by atoms with Crippen LogP contribution in [0.25, 0.3) is 0 Å². The lowest BCUT2D eigenvalue weighted by Crippen LogP contribution is -2.33. The van der Waals surface area contributed by atoms with Crippen molar-refractivity contribution in [3.8, 4) is 0 Å². The summed E-state index contributed by atoms with van der Waals surface area (Å²) in [5.74, 6) is -1.12. The van der Waals surface area contributed by atoms with Crippen LogP contribution in [0.3, 0.4) is 0 Å². The standard InChI is InChI=1S/C16H24FNO3/c1-5-7-12-9-13(17)15(19)18(10-12)14(8-11(3)4)16(20)21-6-2/h9-11,14H,5-8H2,1-4H3. The van der Waals surface area contributed by atoms with Crippen molar-refractivity contribution in [2.45, 2.75) is 53.0 Å². The molecule has 0 aliphatic carbocycles. The zero-order valence-electron chi connectivity index (χ0n) is 13.2. The molecule has 1 aromatic rings. The normalized spacial score (nSPS) is 12.5. The second-order valence-corrected chi connectivity index (χ2v) is 5.56. The number of nitrogens with zero attached hydrogens (tertiary/aromatic N) is 1. The van der Waals surface area contributed by atoms with Crippen molar-refractivity contribution in [2.24, 2.45) is 5.92 Å². The lowest BCUT2D eigenvalue weighted by Gasteiger charge is -2.21. The van der Waals surface area contributed by atoms with Gasteiger partial charge in [0.2, 0.25) is 0 Å². The van der Waals surface area contributed by atoms with E-state index in [1.807, 2.05) is 20.8 Å². The van der Waals surface area contributed by atoms with Crippen molar-refractivity contribution < 1.29 is 13.9 Å². The maximum absolute atomic E-state index is 13.8. The van der Waals surface area contributed by atoms with E-state index in [0.717, 1.165) is 6.42 Å². The Labute approximate surface area is 124 Å². The van der Waals surface area contributed by atoms with Gasteiger partial charge in [-0.1, -0.05) is 27.2 Å². The molecule has 1 aromatic heterocycles. The molecule has 0 amide bonds. The van der Waals surface area contributed by atoms with E-state index in [1.54, 1.807) is 13.1 Å². The van der Waals surface area contributed by atoms with E-state index >= 15 is 0 Å². The molecule has 1 unspecified atom stereocenters. The minimum atomic E-state index is -0.820. The highest BCUT2D eigenvalue weighted by Gasteiger charge is 2.25. The number of aryl methyl sites for hydroxylation is 1. The van der Waals surface area contributed by atoms with Gasteiger partial charge in [0.1, 0.15) is 6.04 Å². The zero-order valence-corrected chi connectivity index (χ0v) is 13.2. The molecule has 0 aliphatic heterocycles. The maximum Gasteiger partial charge on any atom is 0.329 e. The quantitative estimate of drug-likeness (QED) is 0.727. The molecule has 0 aromatic carbocycles. The maximum atomic E-state index is 13.8. The summed E-state index contributed by atoms with van der Waals surface area (Å²) in [7, 11) is 0. The van der Waals surface area contributed by atoms with Crippen molar-refractivity contribution in [2.75, 3.05) is 6.61 Å². The van der Waals surface area contributed by atoms with Crippen molar-refractivity contribution >= 4 is 5.97 Å². The molecule has 1 atom stereocenters. The first kappa shape index (κ1) is 17.4. The van der Waals surface area contributed by atoms with Crippen molar-refractivity contribution in [1.29, 1.82) is 0 Å². The van der Waals surface area contributed by atoms with Crippen molar-refractivity contribution in [1.82, 2.24) is 4.57 Å². The Kier molecular flexibility index (Phi) is 6.59. The first-order chi connectivity index (χ1) is 9.90. The minimum Gasteiger partial charge on any atom is -0.464 e. The molecular weight excluding hydrogens is 273 g/mol. The van der Waals surface area contributed by atoms with E-state index in [2.05, 4.69) is 0 Å². The van der Waals surface area contributed by atoms with Crippen molar-refractivity contribution in [3.05, 3.63) is 34.0 Å². The summed E-state index contributed by atoms with van der Waals surface area (Å²) in [6, 6.07) is 0.476. The van der Waals surface area contributed by atoms with Gasteiger partial charge in [-0.25, -0.2) is 9.18 Å². The number of carbonyl (C=O) groups is 1.